The molecule has 8 heteroatoms. The number of hydrogen-bond donors (Lipinski definition) is 5. The molecular formula is C19H22N2O6. The fourth-order valence-electron chi connectivity index (χ4n) is 2.35. The molecule has 27 heavy (non-hydrogen) atoms. The maximum atomic E-state index is 11.2. The van der Waals surface area contributed by atoms with Crippen molar-refractivity contribution in [2.24, 2.45) is 11.5 Å². The summed E-state index contributed by atoms with van der Waals surface area (Å²) >= 11 is 0. The summed E-state index contributed by atoms with van der Waals surface area (Å²) in [7, 11) is 0. The number of carboxylic acids is 3. The molecule has 2 aromatic rings. The number of carbonyl (C=O) groups is 3. The van der Waals surface area contributed by atoms with Crippen LogP contribution in [0.25, 0.3) is 0 Å². The molecule has 2 atom stereocenters. The van der Waals surface area contributed by atoms with E-state index in [2.05, 4.69) is 0 Å². The Bertz CT molecular complexity index is 712. The van der Waals surface area contributed by atoms with Crippen LogP contribution in [0.2, 0.25) is 0 Å². The Hall–Kier alpha value is -3.23. The van der Waals surface area contributed by atoms with Crippen molar-refractivity contribution >= 4 is 17.9 Å². The Morgan fingerprint density at radius 2 is 1.15 bits per heavy atom. The SMILES string of the molecule is N[C@@H](CC(=O)O)C(=O)O.N[C@H](C(=O)O)C(c1ccccc1)c1ccccc1. The number of hydrogen-bond acceptors (Lipinski definition) is 5. The van der Waals surface area contributed by atoms with Gasteiger partial charge in [-0.1, -0.05) is 60.7 Å². The van der Waals surface area contributed by atoms with Crippen LogP contribution in [0.4, 0.5) is 0 Å². The Labute approximate surface area is 156 Å². The van der Waals surface area contributed by atoms with Gasteiger partial charge in [0.2, 0.25) is 0 Å². The first-order chi connectivity index (χ1) is 12.7. The fourth-order valence-corrected chi connectivity index (χ4v) is 2.35. The first-order valence-corrected chi connectivity index (χ1v) is 8.02. The molecule has 0 aliphatic heterocycles. The zero-order valence-corrected chi connectivity index (χ0v) is 14.4. The maximum absolute atomic E-state index is 11.2. The van der Waals surface area contributed by atoms with E-state index >= 15 is 0 Å². The Morgan fingerprint density at radius 3 is 1.41 bits per heavy atom. The normalized spacial score (nSPS) is 12.4. The van der Waals surface area contributed by atoms with Crippen LogP contribution in [0.3, 0.4) is 0 Å². The highest BCUT2D eigenvalue weighted by atomic mass is 16.4. The van der Waals surface area contributed by atoms with Crippen LogP contribution in [-0.4, -0.2) is 45.3 Å². The zero-order valence-electron chi connectivity index (χ0n) is 14.4. The number of nitrogens with two attached hydrogens (primary N) is 2. The molecule has 0 amide bonds. The van der Waals surface area contributed by atoms with Gasteiger partial charge in [-0.2, -0.15) is 0 Å². The second-order valence-electron chi connectivity index (χ2n) is 5.71. The minimum Gasteiger partial charge on any atom is -0.481 e. The highest BCUT2D eigenvalue weighted by Gasteiger charge is 2.27. The summed E-state index contributed by atoms with van der Waals surface area (Å²) in [6.07, 6.45) is -0.532. The van der Waals surface area contributed by atoms with Gasteiger partial charge < -0.3 is 26.8 Å². The quantitative estimate of drug-likeness (QED) is 0.481. The molecule has 0 aromatic heterocycles. The van der Waals surface area contributed by atoms with Gasteiger partial charge in [-0.25, -0.2) is 0 Å². The molecule has 0 spiro atoms. The minimum atomic E-state index is -1.29. The number of rotatable bonds is 7. The van der Waals surface area contributed by atoms with Crippen molar-refractivity contribution in [2.75, 3.05) is 0 Å². The predicted octanol–water partition coefficient (Wildman–Crippen LogP) is 1.10. The molecule has 0 aliphatic carbocycles. The third-order valence-corrected chi connectivity index (χ3v) is 3.67. The predicted molar refractivity (Wildman–Crippen MR) is 98.2 cm³/mol. The molecule has 0 heterocycles. The van der Waals surface area contributed by atoms with Crippen molar-refractivity contribution in [3.63, 3.8) is 0 Å². The van der Waals surface area contributed by atoms with Gasteiger partial charge in [-0.3, -0.25) is 14.4 Å². The van der Waals surface area contributed by atoms with Gasteiger partial charge in [0.15, 0.2) is 0 Å². The summed E-state index contributed by atoms with van der Waals surface area (Å²) in [5, 5.41) is 25.2. The van der Waals surface area contributed by atoms with Gasteiger partial charge in [0.25, 0.3) is 0 Å². The van der Waals surface area contributed by atoms with Crippen LogP contribution in [0.5, 0.6) is 0 Å². The van der Waals surface area contributed by atoms with Crippen molar-refractivity contribution in [3.05, 3.63) is 71.8 Å². The standard InChI is InChI=1S/C15H15NO2.C4H7NO4/c16-14(15(17)18)13(11-7-3-1-4-8-11)12-9-5-2-6-10-12;5-2(4(8)9)1-3(6)7/h1-10,13-14H,16H2,(H,17,18);2H,1,5H2,(H,6,7)(H,8,9)/t14-;2-/m00/s1. The monoisotopic (exact) mass is 374 g/mol. The van der Waals surface area contributed by atoms with E-state index in [-0.39, 0.29) is 5.92 Å². The number of aliphatic carboxylic acids is 3. The Morgan fingerprint density at radius 1 is 0.741 bits per heavy atom. The van der Waals surface area contributed by atoms with E-state index in [4.69, 9.17) is 26.8 Å². The van der Waals surface area contributed by atoms with Gasteiger partial charge in [0, 0.05) is 5.92 Å². The van der Waals surface area contributed by atoms with Crippen LogP contribution < -0.4 is 11.5 Å². The van der Waals surface area contributed by atoms with Crippen molar-refractivity contribution in [3.8, 4) is 0 Å². The highest BCUT2D eigenvalue weighted by Crippen LogP contribution is 2.27. The molecule has 2 rings (SSSR count). The van der Waals surface area contributed by atoms with Crippen LogP contribution in [-0.2, 0) is 14.4 Å². The largest absolute Gasteiger partial charge is 0.481 e. The van der Waals surface area contributed by atoms with Crippen LogP contribution in [0.15, 0.2) is 60.7 Å². The van der Waals surface area contributed by atoms with Crippen molar-refractivity contribution in [1.82, 2.24) is 0 Å². The minimum absolute atomic E-state index is 0.329. The smallest absolute Gasteiger partial charge is 0.321 e. The van der Waals surface area contributed by atoms with E-state index in [1.807, 2.05) is 60.7 Å². The van der Waals surface area contributed by atoms with Crippen molar-refractivity contribution in [2.45, 2.75) is 24.4 Å². The maximum Gasteiger partial charge on any atom is 0.321 e. The molecule has 0 saturated carbocycles. The molecule has 0 bridgehead atoms. The molecule has 0 saturated heterocycles. The number of carboxylic acid groups (broad SMARTS) is 3. The molecular weight excluding hydrogens is 352 g/mol. The second-order valence-corrected chi connectivity index (χ2v) is 5.71. The summed E-state index contributed by atoms with van der Waals surface area (Å²) in [6, 6.07) is 16.7. The lowest BCUT2D eigenvalue weighted by Crippen LogP contribution is -2.37. The molecule has 0 unspecified atom stereocenters. The van der Waals surface area contributed by atoms with Crippen molar-refractivity contribution in [1.29, 1.82) is 0 Å². The van der Waals surface area contributed by atoms with E-state index in [9.17, 15) is 14.4 Å². The average molecular weight is 374 g/mol. The molecule has 0 fully saturated rings. The molecule has 144 valence electrons. The van der Waals surface area contributed by atoms with Gasteiger partial charge in [0.1, 0.15) is 12.1 Å². The summed E-state index contributed by atoms with van der Waals surface area (Å²) in [5.74, 6) is -3.82. The molecule has 8 nitrogen and oxygen atoms in total. The topological polar surface area (TPSA) is 164 Å². The molecule has 2 aromatic carbocycles. The fraction of sp³-hybridized carbons (Fsp3) is 0.211. The highest BCUT2D eigenvalue weighted by molar-refractivity contribution is 5.80. The van der Waals surface area contributed by atoms with Crippen LogP contribution in [0.1, 0.15) is 23.5 Å². The van der Waals surface area contributed by atoms with Gasteiger partial charge in [-0.05, 0) is 11.1 Å². The summed E-state index contributed by atoms with van der Waals surface area (Å²) in [5.41, 5.74) is 12.5. The van der Waals surface area contributed by atoms with E-state index in [1.54, 1.807) is 0 Å². The van der Waals surface area contributed by atoms with E-state index in [1.165, 1.54) is 0 Å². The zero-order chi connectivity index (χ0) is 20.4. The van der Waals surface area contributed by atoms with E-state index < -0.39 is 36.4 Å². The summed E-state index contributed by atoms with van der Waals surface area (Å²) < 4.78 is 0. The third-order valence-electron chi connectivity index (χ3n) is 3.67. The lowest BCUT2D eigenvalue weighted by atomic mass is 9.85. The lowest BCUT2D eigenvalue weighted by molar-refractivity contribution is -0.144. The first kappa shape index (κ1) is 21.8. The van der Waals surface area contributed by atoms with Crippen LogP contribution >= 0.6 is 0 Å². The van der Waals surface area contributed by atoms with E-state index in [0.29, 0.717) is 0 Å². The van der Waals surface area contributed by atoms with Gasteiger partial charge in [-0.15, -0.1) is 0 Å². The Kier molecular flexibility index (Phi) is 8.64. The lowest BCUT2D eigenvalue weighted by Gasteiger charge is -2.21. The number of benzene rings is 2. The first-order valence-electron chi connectivity index (χ1n) is 8.02. The molecule has 7 N–H and O–H groups in total. The summed E-state index contributed by atoms with van der Waals surface area (Å²) in [4.78, 5) is 30.8. The second kappa shape index (κ2) is 10.7. The van der Waals surface area contributed by atoms with Crippen molar-refractivity contribution < 1.29 is 29.7 Å². The average Bonchev–Trinajstić information content (AvgIpc) is 2.63. The molecule has 0 aliphatic rings. The van der Waals surface area contributed by atoms with Crippen LogP contribution in [0, 0.1) is 0 Å². The molecule has 0 radical (unpaired) electrons. The van der Waals surface area contributed by atoms with Gasteiger partial charge in [0.05, 0.1) is 6.42 Å². The summed E-state index contributed by atoms with van der Waals surface area (Å²) in [6.45, 7) is 0. The Balaban J connectivity index is 0.000000345. The third kappa shape index (κ3) is 7.27. The van der Waals surface area contributed by atoms with E-state index in [0.717, 1.165) is 11.1 Å². The van der Waals surface area contributed by atoms with Gasteiger partial charge >= 0.3 is 17.9 Å².